The molecule has 2 aromatic rings. The maximum Gasteiger partial charge on any atom is 0.407 e. The highest BCUT2D eigenvalue weighted by atomic mass is 16.5. The maximum atomic E-state index is 12.7. The SMILES string of the molecule is CCC[C@@H](CC(=O)O)NC(=O)C1CC=CC(NC(=O)OCC2c3ccccc3-c3ccccc32)C1. The molecule has 184 valence electrons. The quantitative estimate of drug-likeness (QED) is 0.458. The molecule has 0 aliphatic heterocycles. The van der Waals surface area contributed by atoms with Gasteiger partial charge in [0, 0.05) is 17.9 Å². The van der Waals surface area contributed by atoms with Crippen molar-refractivity contribution in [2.45, 2.75) is 57.0 Å². The highest BCUT2D eigenvalue weighted by Gasteiger charge is 2.30. The zero-order valence-electron chi connectivity index (χ0n) is 19.9. The highest BCUT2D eigenvalue weighted by molar-refractivity contribution is 5.81. The average molecular weight is 477 g/mol. The smallest absolute Gasteiger partial charge is 0.407 e. The molecule has 0 fully saturated rings. The van der Waals surface area contributed by atoms with Crippen LogP contribution in [-0.2, 0) is 14.3 Å². The van der Waals surface area contributed by atoms with E-state index in [0.717, 1.165) is 17.5 Å². The number of carbonyl (C=O) groups is 3. The third-order valence-electron chi connectivity index (χ3n) is 6.75. The van der Waals surface area contributed by atoms with Crippen molar-refractivity contribution in [2.24, 2.45) is 5.92 Å². The number of allylic oxidation sites excluding steroid dienone is 1. The van der Waals surface area contributed by atoms with Crippen molar-refractivity contribution >= 4 is 18.0 Å². The molecule has 0 bridgehead atoms. The Morgan fingerprint density at radius 2 is 1.71 bits per heavy atom. The van der Waals surface area contributed by atoms with Gasteiger partial charge in [0.1, 0.15) is 6.61 Å². The Morgan fingerprint density at radius 1 is 1.06 bits per heavy atom. The number of aliphatic carboxylic acids is 1. The summed E-state index contributed by atoms with van der Waals surface area (Å²) in [5, 5.41) is 14.8. The number of rotatable bonds is 9. The molecule has 2 unspecified atom stereocenters. The van der Waals surface area contributed by atoms with Crippen molar-refractivity contribution < 1.29 is 24.2 Å². The molecule has 0 heterocycles. The fourth-order valence-electron chi connectivity index (χ4n) is 5.10. The standard InChI is InChI=1S/C28H32N2O5/c1-2-8-19(16-26(31)32)29-27(33)18-9-7-10-20(15-18)30-28(34)35-17-25-23-13-5-3-11-21(23)22-12-4-6-14-24(22)25/h3-7,10-14,18-20,25H,2,8-9,15-17H2,1H3,(H,29,33)(H,30,34)(H,31,32)/t18?,19-,20?/m0/s1. The second-order valence-electron chi connectivity index (χ2n) is 9.26. The lowest BCUT2D eigenvalue weighted by Gasteiger charge is -2.26. The van der Waals surface area contributed by atoms with E-state index in [4.69, 9.17) is 9.84 Å². The van der Waals surface area contributed by atoms with Crippen LogP contribution in [0.1, 0.15) is 56.1 Å². The first-order valence-electron chi connectivity index (χ1n) is 12.3. The van der Waals surface area contributed by atoms with Crippen molar-refractivity contribution in [2.75, 3.05) is 6.61 Å². The van der Waals surface area contributed by atoms with Crippen LogP contribution in [0.3, 0.4) is 0 Å². The van der Waals surface area contributed by atoms with Gasteiger partial charge < -0.3 is 20.5 Å². The number of carboxylic acids is 1. The number of fused-ring (bicyclic) bond motifs is 3. The van der Waals surface area contributed by atoms with Gasteiger partial charge in [-0.2, -0.15) is 0 Å². The summed E-state index contributed by atoms with van der Waals surface area (Å²) in [7, 11) is 0. The molecule has 4 rings (SSSR count). The molecule has 2 aliphatic rings. The van der Waals surface area contributed by atoms with Gasteiger partial charge in [0.15, 0.2) is 0 Å². The molecule has 3 N–H and O–H groups in total. The van der Waals surface area contributed by atoms with Crippen molar-refractivity contribution in [3.63, 3.8) is 0 Å². The molecular formula is C28H32N2O5. The van der Waals surface area contributed by atoms with E-state index in [-0.39, 0.29) is 42.9 Å². The van der Waals surface area contributed by atoms with Crippen LogP contribution in [0.2, 0.25) is 0 Å². The first-order valence-corrected chi connectivity index (χ1v) is 12.3. The number of hydrogen-bond acceptors (Lipinski definition) is 4. The predicted molar refractivity (Wildman–Crippen MR) is 133 cm³/mol. The fraction of sp³-hybridized carbons (Fsp3) is 0.393. The number of amides is 2. The second kappa shape index (κ2) is 11.2. The third-order valence-corrected chi connectivity index (χ3v) is 6.75. The largest absolute Gasteiger partial charge is 0.481 e. The number of benzene rings is 2. The summed E-state index contributed by atoms with van der Waals surface area (Å²) in [5.74, 6) is -1.44. The van der Waals surface area contributed by atoms with Gasteiger partial charge in [0.2, 0.25) is 5.91 Å². The molecule has 2 aliphatic carbocycles. The Morgan fingerprint density at radius 3 is 2.34 bits per heavy atom. The number of nitrogens with one attached hydrogen (secondary N) is 2. The van der Waals surface area contributed by atoms with E-state index in [1.54, 1.807) is 0 Å². The topological polar surface area (TPSA) is 105 Å². The zero-order chi connectivity index (χ0) is 24.8. The van der Waals surface area contributed by atoms with Crippen LogP contribution >= 0.6 is 0 Å². The predicted octanol–water partition coefficient (Wildman–Crippen LogP) is 4.62. The van der Waals surface area contributed by atoms with E-state index in [9.17, 15) is 14.4 Å². The molecule has 3 atom stereocenters. The summed E-state index contributed by atoms with van der Waals surface area (Å²) in [5.41, 5.74) is 4.65. The van der Waals surface area contributed by atoms with Crippen LogP contribution in [0, 0.1) is 5.92 Å². The second-order valence-corrected chi connectivity index (χ2v) is 9.26. The van der Waals surface area contributed by atoms with E-state index in [1.807, 2.05) is 43.3 Å². The van der Waals surface area contributed by atoms with E-state index in [2.05, 4.69) is 34.9 Å². The zero-order valence-corrected chi connectivity index (χ0v) is 19.9. The van der Waals surface area contributed by atoms with Crippen LogP contribution < -0.4 is 10.6 Å². The van der Waals surface area contributed by atoms with Crippen LogP contribution in [0.4, 0.5) is 4.79 Å². The van der Waals surface area contributed by atoms with E-state index in [1.165, 1.54) is 11.1 Å². The van der Waals surface area contributed by atoms with Gasteiger partial charge in [-0.05, 0) is 41.5 Å². The first-order chi connectivity index (χ1) is 17.0. The van der Waals surface area contributed by atoms with Gasteiger partial charge >= 0.3 is 12.1 Å². The van der Waals surface area contributed by atoms with Crippen LogP contribution in [0.5, 0.6) is 0 Å². The minimum atomic E-state index is -0.929. The first kappa shape index (κ1) is 24.5. The molecular weight excluding hydrogens is 444 g/mol. The lowest BCUT2D eigenvalue weighted by Crippen LogP contribution is -2.44. The maximum absolute atomic E-state index is 12.7. The minimum Gasteiger partial charge on any atom is -0.481 e. The molecule has 0 saturated heterocycles. The van der Waals surface area contributed by atoms with Crippen LogP contribution in [0.15, 0.2) is 60.7 Å². The molecule has 0 radical (unpaired) electrons. The van der Waals surface area contributed by atoms with Crippen molar-refractivity contribution in [1.82, 2.24) is 10.6 Å². The summed E-state index contributed by atoms with van der Waals surface area (Å²) in [6.07, 6.45) is 5.55. The lowest BCUT2D eigenvalue weighted by atomic mass is 9.90. The van der Waals surface area contributed by atoms with Crippen molar-refractivity contribution in [3.05, 3.63) is 71.8 Å². The summed E-state index contributed by atoms with van der Waals surface area (Å²) < 4.78 is 5.63. The van der Waals surface area contributed by atoms with Crippen LogP contribution in [-0.4, -0.2) is 41.8 Å². The molecule has 2 aromatic carbocycles. The summed E-state index contributed by atoms with van der Waals surface area (Å²) in [6.45, 7) is 2.19. The molecule has 0 spiro atoms. The van der Waals surface area contributed by atoms with Crippen molar-refractivity contribution in [3.8, 4) is 11.1 Å². The van der Waals surface area contributed by atoms with Gasteiger partial charge in [-0.1, -0.05) is 74.0 Å². The highest BCUT2D eigenvalue weighted by Crippen LogP contribution is 2.44. The number of carbonyl (C=O) groups excluding carboxylic acids is 2. The molecule has 0 aromatic heterocycles. The fourth-order valence-corrected chi connectivity index (χ4v) is 5.10. The Labute approximate surface area is 205 Å². The van der Waals surface area contributed by atoms with Gasteiger partial charge in [-0.25, -0.2) is 4.79 Å². The number of alkyl carbamates (subject to hydrolysis) is 1. The number of carboxylic acid groups (broad SMARTS) is 1. The lowest BCUT2D eigenvalue weighted by molar-refractivity contribution is -0.138. The summed E-state index contributed by atoms with van der Waals surface area (Å²) in [4.78, 5) is 36.5. The molecule has 35 heavy (non-hydrogen) atoms. The normalized spacial score (nSPS) is 19.3. The van der Waals surface area contributed by atoms with E-state index < -0.39 is 12.1 Å². The van der Waals surface area contributed by atoms with E-state index >= 15 is 0 Å². The summed E-state index contributed by atoms with van der Waals surface area (Å²) >= 11 is 0. The van der Waals surface area contributed by atoms with Gasteiger partial charge in [-0.15, -0.1) is 0 Å². The van der Waals surface area contributed by atoms with E-state index in [0.29, 0.717) is 19.3 Å². The molecule has 0 saturated carbocycles. The third kappa shape index (κ3) is 5.91. The summed E-state index contributed by atoms with van der Waals surface area (Å²) in [6, 6.07) is 15.6. The van der Waals surface area contributed by atoms with Crippen LogP contribution in [0.25, 0.3) is 11.1 Å². The molecule has 7 heteroatoms. The Balaban J connectivity index is 1.31. The Hall–Kier alpha value is -3.61. The Bertz CT molecular complexity index is 1070. The minimum absolute atomic E-state index is 0.0155. The monoisotopic (exact) mass is 476 g/mol. The molecule has 7 nitrogen and oxygen atoms in total. The van der Waals surface area contributed by atoms with Gasteiger partial charge in [0.05, 0.1) is 12.5 Å². The average Bonchev–Trinajstić information content (AvgIpc) is 3.16. The van der Waals surface area contributed by atoms with Gasteiger partial charge in [-0.3, -0.25) is 9.59 Å². The molecule has 2 amide bonds. The number of ether oxygens (including phenoxy) is 1. The Kier molecular flexibility index (Phi) is 7.85. The number of hydrogen-bond donors (Lipinski definition) is 3. The van der Waals surface area contributed by atoms with Crippen molar-refractivity contribution in [1.29, 1.82) is 0 Å². The van der Waals surface area contributed by atoms with Gasteiger partial charge in [0.25, 0.3) is 0 Å².